The molecule has 2 spiro atoms. The largest absolute Gasteiger partial charge is 0.472 e. The first-order chi connectivity index (χ1) is 28.9. The zero-order valence-corrected chi connectivity index (χ0v) is 37.2. The SMILES string of the molecule is C/C=C(\C)C(=O)O[C@H]1[C@@]2(C)C[C@@]34OC5(C)O[C@]6([C@H](CC(=O)OC)[C@](C)([C@@H](OC(C)=O)c7ccoc7)C[C@@H](OC(C)=O)[C@]6(O5)[C@]3(C)[C@H]2CC(=O)OC)[C@H](OC(=O)CC)[C@@]14OC(C)=O. The minimum atomic E-state index is -2.37. The van der Waals surface area contributed by atoms with Crippen molar-refractivity contribution in [1.82, 2.24) is 0 Å². The zero-order valence-electron chi connectivity index (χ0n) is 37.2. The number of hydrogen-bond donors (Lipinski definition) is 0. The third kappa shape index (κ3) is 5.47. The molecule has 2 saturated heterocycles. The number of carbonyl (C=O) groups excluding carboxylic acids is 7. The van der Waals surface area contributed by atoms with Crippen molar-refractivity contribution in [1.29, 1.82) is 0 Å². The van der Waals surface area contributed by atoms with Crippen LogP contribution in [0.2, 0.25) is 0 Å². The van der Waals surface area contributed by atoms with Gasteiger partial charge in [-0.3, -0.25) is 28.8 Å². The lowest BCUT2D eigenvalue weighted by Gasteiger charge is -2.77. The average Bonchev–Trinajstić information content (AvgIpc) is 3.90. The fourth-order valence-electron chi connectivity index (χ4n) is 13.5. The van der Waals surface area contributed by atoms with Crippen LogP contribution in [-0.2, 0) is 80.9 Å². The van der Waals surface area contributed by atoms with Crippen molar-refractivity contribution in [2.24, 2.45) is 28.1 Å². The molecule has 18 nitrogen and oxygen atoms in total. The third-order valence-corrected chi connectivity index (χ3v) is 15.2. The van der Waals surface area contributed by atoms with Crippen LogP contribution in [0.5, 0.6) is 0 Å². The maximum Gasteiger partial charge on any atom is 0.333 e. The molecule has 0 amide bonds. The summed E-state index contributed by atoms with van der Waals surface area (Å²) in [5, 5.41) is 0. The van der Waals surface area contributed by atoms with Gasteiger partial charge in [0.05, 0.1) is 33.2 Å². The molecule has 4 aliphatic carbocycles. The molecule has 340 valence electrons. The van der Waals surface area contributed by atoms with Gasteiger partial charge in [-0.05, 0) is 38.7 Å². The maximum atomic E-state index is 14.3. The van der Waals surface area contributed by atoms with Gasteiger partial charge in [0, 0.05) is 73.8 Å². The highest BCUT2D eigenvalue weighted by Gasteiger charge is 3.06. The summed E-state index contributed by atoms with van der Waals surface area (Å²) in [7, 11) is 2.39. The molecule has 1 unspecified atom stereocenters. The Bertz CT molecular complexity index is 2110. The van der Waals surface area contributed by atoms with E-state index in [2.05, 4.69) is 0 Å². The second-order valence-electron chi connectivity index (χ2n) is 18.3. The van der Waals surface area contributed by atoms with E-state index in [1.54, 1.807) is 33.8 Å². The van der Waals surface area contributed by atoms with Gasteiger partial charge in [0.2, 0.25) is 5.60 Å². The summed E-state index contributed by atoms with van der Waals surface area (Å²) in [6.07, 6.45) is -3.53. The lowest BCUT2D eigenvalue weighted by atomic mass is 9.33. The first-order valence-corrected chi connectivity index (χ1v) is 20.8. The van der Waals surface area contributed by atoms with Crippen molar-refractivity contribution >= 4 is 41.8 Å². The van der Waals surface area contributed by atoms with Crippen LogP contribution < -0.4 is 0 Å². The summed E-state index contributed by atoms with van der Waals surface area (Å²) in [4.78, 5) is 97.3. The molecule has 0 aromatic carbocycles. The predicted molar refractivity (Wildman–Crippen MR) is 206 cm³/mol. The quantitative estimate of drug-likeness (QED) is 0.151. The number of methoxy groups -OCH3 is 2. The fourth-order valence-corrected chi connectivity index (χ4v) is 13.5. The summed E-state index contributed by atoms with van der Waals surface area (Å²) in [5.41, 5.74) is -13.0. The molecule has 6 fully saturated rings. The Kier molecular flexibility index (Phi) is 10.7. The van der Waals surface area contributed by atoms with E-state index in [1.165, 1.54) is 67.4 Å². The number of rotatable bonds is 13. The lowest BCUT2D eigenvalue weighted by Crippen LogP contribution is -2.96. The van der Waals surface area contributed by atoms with Crippen LogP contribution in [-0.4, -0.2) is 103 Å². The molecular formula is C44H56O18. The van der Waals surface area contributed by atoms with Gasteiger partial charge in [-0.2, -0.15) is 0 Å². The number of carbonyl (C=O) groups is 7. The number of esters is 7. The molecular weight excluding hydrogens is 816 g/mol. The summed E-state index contributed by atoms with van der Waals surface area (Å²) in [6.45, 7) is 14.9. The van der Waals surface area contributed by atoms with E-state index in [1.807, 2.05) is 0 Å². The molecule has 6 aliphatic rings. The van der Waals surface area contributed by atoms with Gasteiger partial charge in [-0.15, -0.1) is 0 Å². The molecule has 62 heavy (non-hydrogen) atoms. The van der Waals surface area contributed by atoms with Crippen molar-refractivity contribution < 1.29 is 85.3 Å². The maximum absolute atomic E-state index is 14.3. The Morgan fingerprint density at radius 3 is 1.98 bits per heavy atom. The fraction of sp³-hybridized carbons (Fsp3) is 0.705. The second kappa shape index (κ2) is 14.6. The summed E-state index contributed by atoms with van der Waals surface area (Å²) < 4.78 is 70.5. The molecule has 2 aliphatic heterocycles. The molecule has 0 radical (unpaired) electrons. The van der Waals surface area contributed by atoms with Crippen molar-refractivity contribution in [2.45, 2.75) is 154 Å². The monoisotopic (exact) mass is 872 g/mol. The van der Waals surface area contributed by atoms with E-state index < -0.39 is 129 Å². The third-order valence-electron chi connectivity index (χ3n) is 15.2. The van der Waals surface area contributed by atoms with Crippen LogP contribution in [0.1, 0.15) is 113 Å². The van der Waals surface area contributed by atoms with Gasteiger partial charge >= 0.3 is 41.8 Å². The summed E-state index contributed by atoms with van der Waals surface area (Å²) >= 11 is 0. The number of allylic oxidation sites excluding steroid dienone is 1. The van der Waals surface area contributed by atoms with E-state index in [9.17, 15) is 33.6 Å². The Hall–Kier alpha value is -4.81. The van der Waals surface area contributed by atoms with Gasteiger partial charge in [-0.1, -0.05) is 33.8 Å². The van der Waals surface area contributed by atoms with Crippen LogP contribution >= 0.6 is 0 Å². The van der Waals surface area contributed by atoms with E-state index in [4.69, 9.17) is 51.8 Å². The minimum absolute atomic E-state index is 0.116. The highest BCUT2D eigenvalue weighted by Crippen LogP contribution is 2.90. The van der Waals surface area contributed by atoms with E-state index in [0.29, 0.717) is 5.56 Å². The zero-order chi connectivity index (χ0) is 45.8. The number of furan rings is 1. The Labute approximate surface area is 358 Å². The standard InChI is InChI=1S/C44H56O18/c1-13-22(3)34(51)58-35-38(8)21-41-39(9,27(38)17-31(49)52-11)44-29(55-23(4)45)19-37(7,33(56-24(5)46)26-15-16-54-20-26)28(18-32(50)53-12)42(44,61-40(10,60-41)62-44)36(57-30(48)14-2)43(35,41)59-25(6)47/h13,15-16,20,27-29,33,35-36H,14,17-19,21H2,1-12H3/b22-13+/t27-,28+,29+,33-,35-,36-,37+,38-,39+,40?,41+,42+,43-,44-/m0/s1. The van der Waals surface area contributed by atoms with E-state index >= 15 is 0 Å². The average molecular weight is 873 g/mol. The minimum Gasteiger partial charge on any atom is -0.472 e. The Balaban J connectivity index is 1.72. The Morgan fingerprint density at radius 2 is 1.45 bits per heavy atom. The molecule has 18 heteroatoms. The Morgan fingerprint density at radius 1 is 0.806 bits per heavy atom. The summed E-state index contributed by atoms with van der Waals surface area (Å²) in [5.74, 6) is -10.1. The highest BCUT2D eigenvalue weighted by atomic mass is 16.9. The van der Waals surface area contributed by atoms with E-state index in [-0.39, 0.29) is 31.3 Å². The molecule has 0 N–H and O–H groups in total. The molecule has 3 heterocycles. The number of hydrogen-bond acceptors (Lipinski definition) is 18. The van der Waals surface area contributed by atoms with Crippen LogP contribution in [0.25, 0.3) is 0 Å². The molecule has 7 rings (SSSR count). The first-order valence-electron chi connectivity index (χ1n) is 20.8. The van der Waals surface area contributed by atoms with Crippen molar-refractivity contribution in [2.75, 3.05) is 14.2 Å². The number of fused-ring (bicyclic) bond motifs is 2. The van der Waals surface area contributed by atoms with Gasteiger partial charge < -0.3 is 51.8 Å². The molecule has 4 bridgehead atoms. The second-order valence-corrected chi connectivity index (χ2v) is 18.3. The van der Waals surface area contributed by atoms with Gasteiger partial charge in [0.1, 0.15) is 17.8 Å². The molecule has 14 atom stereocenters. The molecule has 1 aromatic rings. The van der Waals surface area contributed by atoms with E-state index in [0.717, 1.165) is 6.92 Å². The molecule has 1 aromatic heterocycles. The smallest absolute Gasteiger partial charge is 0.333 e. The molecule has 4 saturated carbocycles. The van der Waals surface area contributed by atoms with Crippen molar-refractivity contribution in [3.05, 3.63) is 35.8 Å². The van der Waals surface area contributed by atoms with Crippen LogP contribution in [0.4, 0.5) is 0 Å². The van der Waals surface area contributed by atoms with Crippen LogP contribution in [0.15, 0.2) is 34.7 Å². The van der Waals surface area contributed by atoms with Gasteiger partial charge in [0.15, 0.2) is 23.4 Å². The van der Waals surface area contributed by atoms with Gasteiger partial charge in [0.25, 0.3) is 5.97 Å². The topological polar surface area (TPSA) is 225 Å². The first kappa shape index (κ1) is 45.2. The van der Waals surface area contributed by atoms with Crippen molar-refractivity contribution in [3.63, 3.8) is 0 Å². The predicted octanol–water partition coefficient (Wildman–Crippen LogP) is 4.50. The van der Waals surface area contributed by atoms with Crippen LogP contribution in [0.3, 0.4) is 0 Å². The highest BCUT2D eigenvalue weighted by molar-refractivity contribution is 5.88. The summed E-state index contributed by atoms with van der Waals surface area (Å²) in [6, 6.07) is 1.56. The lowest BCUT2D eigenvalue weighted by molar-refractivity contribution is -0.486. The number of ether oxygens (including phenoxy) is 10. The van der Waals surface area contributed by atoms with Crippen LogP contribution in [0, 0.1) is 28.1 Å². The normalized spacial score (nSPS) is 42.3. The van der Waals surface area contributed by atoms with Gasteiger partial charge in [-0.25, -0.2) is 4.79 Å². The van der Waals surface area contributed by atoms with Crippen molar-refractivity contribution in [3.8, 4) is 0 Å².